The van der Waals surface area contributed by atoms with Crippen LogP contribution in [0.15, 0.2) is 5.10 Å². The molecule has 1 fully saturated rings. The molecule has 1 saturated carbocycles. The van der Waals surface area contributed by atoms with Gasteiger partial charge in [-0.1, -0.05) is 20.8 Å². The van der Waals surface area contributed by atoms with Crippen LogP contribution >= 0.6 is 0 Å². The van der Waals surface area contributed by atoms with Crippen molar-refractivity contribution in [3.8, 4) is 0 Å². The standard InChI is InChI=1S/C14H26N2O2/c1-10-7-11(9-14(5,6)8-10)15-16-12(17)18-13(2,3)4/h10H,7-9H2,1-6H3,(H,16,17)/b15-11+/t10-/m0/s1. The average Bonchev–Trinajstić information content (AvgIpc) is 2.08. The Morgan fingerprint density at radius 2 is 2.06 bits per heavy atom. The number of carbonyl (C=O) groups is 1. The van der Waals surface area contributed by atoms with Crippen LogP contribution in [0.25, 0.3) is 0 Å². The van der Waals surface area contributed by atoms with Gasteiger partial charge < -0.3 is 4.74 Å². The molecule has 0 heterocycles. The molecule has 0 saturated heterocycles. The van der Waals surface area contributed by atoms with Gasteiger partial charge in [-0.15, -0.1) is 0 Å². The molecule has 104 valence electrons. The lowest BCUT2D eigenvalue weighted by Crippen LogP contribution is -2.33. The average molecular weight is 254 g/mol. The van der Waals surface area contributed by atoms with Crippen LogP contribution in [0.4, 0.5) is 4.79 Å². The number of hydrogen-bond acceptors (Lipinski definition) is 3. The molecule has 1 atom stereocenters. The van der Waals surface area contributed by atoms with Crippen molar-refractivity contribution in [1.82, 2.24) is 5.43 Å². The fourth-order valence-corrected chi connectivity index (χ4v) is 2.63. The number of carbonyl (C=O) groups excluding carboxylic acids is 1. The molecule has 4 heteroatoms. The van der Waals surface area contributed by atoms with Crippen molar-refractivity contribution < 1.29 is 9.53 Å². The van der Waals surface area contributed by atoms with Crippen LogP contribution in [-0.2, 0) is 4.74 Å². The van der Waals surface area contributed by atoms with Crippen molar-refractivity contribution in [2.24, 2.45) is 16.4 Å². The van der Waals surface area contributed by atoms with E-state index in [0.717, 1.165) is 18.6 Å². The number of hydrazone groups is 1. The molecule has 1 aliphatic rings. The zero-order valence-electron chi connectivity index (χ0n) is 12.5. The molecule has 0 spiro atoms. The second-order valence-electron chi connectivity index (χ2n) is 7.15. The quantitative estimate of drug-likeness (QED) is 0.725. The van der Waals surface area contributed by atoms with E-state index in [1.165, 1.54) is 6.42 Å². The lowest BCUT2D eigenvalue weighted by molar-refractivity contribution is 0.0528. The Hall–Kier alpha value is -1.06. The minimum Gasteiger partial charge on any atom is -0.443 e. The van der Waals surface area contributed by atoms with E-state index >= 15 is 0 Å². The highest BCUT2D eigenvalue weighted by Gasteiger charge is 2.29. The molecule has 0 aromatic carbocycles. The van der Waals surface area contributed by atoms with Gasteiger partial charge in [0.05, 0.1) is 0 Å². The highest BCUT2D eigenvalue weighted by Crippen LogP contribution is 2.36. The number of ether oxygens (including phenoxy) is 1. The number of nitrogens with one attached hydrogen (secondary N) is 1. The number of nitrogens with zero attached hydrogens (tertiary/aromatic N) is 1. The lowest BCUT2D eigenvalue weighted by Gasteiger charge is -2.34. The first-order valence-corrected chi connectivity index (χ1v) is 6.62. The van der Waals surface area contributed by atoms with Crippen molar-refractivity contribution in [1.29, 1.82) is 0 Å². The van der Waals surface area contributed by atoms with E-state index in [9.17, 15) is 4.79 Å². The van der Waals surface area contributed by atoms with Crippen LogP contribution in [0.1, 0.15) is 60.8 Å². The summed E-state index contributed by atoms with van der Waals surface area (Å²) in [6, 6.07) is 0. The highest BCUT2D eigenvalue weighted by atomic mass is 16.6. The molecule has 0 radical (unpaired) electrons. The third-order valence-corrected chi connectivity index (χ3v) is 2.87. The van der Waals surface area contributed by atoms with Crippen molar-refractivity contribution in [3.63, 3.8) is 0 Å². The molecule has 0 bridgehead atoms. The van der Waals surface area contributed by atoms with Crippen molar-refractivity contribution in [2.45, 2.75) is 66.4 Å². The molecule has 1 rings (SSSR count). The van der Waals surface area contributed by atoms with E-state index < -0.39 is 11.7 Å². The molecular formula is C14H26N2O2. The summed E-state index contributed by atoms with van der Waals surface area (Å²) in [6.45, 7) is 12.2. The van der Waals surface area contributed by atoms with E-state index in [1.54, 1.807) is 0 Å². The van der Waals surface area contributed by atoms with Gasteiger partial charge in [0.1, 0.15) is 5.60 Å². The first kappa shape index (κ1) is 15.0. The molecule has 1 aliphatic carbocycles. The van der Waals surface area contributed by atoms with Crippen LogP contribution < -0.4 is 5.43 Å². The summed E-state index contributed by atoms with van der Waals surface area (Å²) in [5, 5.41) is 4.21. The topological polar surface area (TPSA) is 50.7 Å². The normalized spacial score (nSPS) is 25.9. The summed E-state index contributed by atoms with van der Waals surface area (Å²) in [5.74, 6) is 0.618. The van der Waals surface area contributed by atoms with Gasteiger partial charge in [0.15, 0.2) is 0 Å². The van der Waals surface area contributed by atoms with Gasteiger partial charge in [0, 0.05) is 5.71 Å². The molecule has 0 unspecified atom stereocenters. The number of hydrogen-bond donors (Lipinski definition) is 1. The van der Waals surface area contributed by atoms with Crippen molar-refractivity contribution in [2.75, 3.05) is 0 Å². The molecule has 0 aromatic heterocycles. The summed E-state index contributed by atoms with van der Waals surface area (Å²) in [7, 11) is 0. The SMILES string of the molecule is C[C@H]1C/C(=N\NC(=O)OC(C)(C)C)CC(C)(C)C1. The van der Waals surface area contributed by atoms with Gasteiger partial charge in [0.25, 0.3) is 0 Å². The van der Waals surface area contributed by atoms with Gasteiger partial charge in [0.2, 0.25) is 0 Å². The fraction of sp³-hybridized carbons (Fsp3) is 0.857. The summed E-state index contributed by atoms with van der Waals surface area (Å²) in [5.41, 5.74) is 3.34. The first-order chi connectivity index (χ1) is 8.07. The van der Waals surface area contributed by atoms with Crippen LogP contribution in [0.5, 0.6) is 0 Å². The molecule has 0 aliphatic heterocycles. The minimum absolute atomic E-state index is 0.270. The Kier molecular flexibility index (Phi) is 4.41. The van der Waals surface area contributed by atoms with Crippen LogP contribution in [-0.4, -0.2) is 17.4 Å². The van der Waals surface area contributed by atoms with E-state index in [2.05, 4.69) is 31.3 Å². The smallest absolute Gasteiger partial charge is 0.428 e. The van der Waals surface area contributed by atoms with Gasteiger partial charge >= 0.3 is 6.09 Å². The summed E-state index contributed by atoms with van der Waals surface area (Å²) in [4.78, 5) is 11.5. The summed E-state index contributed by atoms with van der Waals surface area (Å²) >= 11 is 0. The maximum absolute atomic E-state index is 11.5. The Labute approximate surface area is 110 Å². The van der Waals surface area contributed by atoms with E-state index in [-0.39, 0.29) is 5.41 Å². The predicted octanol–water partition coefficient (Wildman–Crippen LogP) is 3.71. The Morgan fingerprint density at radius 1 is 1.44 bits per heavy atom. The van der Waals surface area contributed by atoms with E-state index in [4.69, 9.17) is 4.74 Å². The zero-order chi connectivity index (χ0) is 14.0. The van der Waals surface area contributed by atoms with Crippen LogP contribution in [0, 0.1) is 11.3 Å². The first-order valence-electron chi connectivity index (χ1n) is 6.62. The second-order valence-corrected chi connectivity index (χ2v) is 7.15. The molecular weight excluding hydrogens is 228 g/mol. The molecule has 0 aromatic rings. The largest absolute Gasteiger partial charge is 0.443 e. The number of rotatable bonds is 1. The van der Waals surface area contributed by atoms with Crippen molar-refractivity contribution >= 4 is 11.8 Å². The monoisotopic (exact) mass is 254 g/mol. The third kappa shape index (κ3) is 5.52. The lowest BCUT2D eigenvalue weighted by atomic mass is 9.72. The Balaban J connectivity index is 2.54. The van der Waals surface area contributed by atoms with Gasteiger partial charge in [-0.05, 0) is 51.4 Å². The van der Waals surface area contributed by atoms with Crippen molar-refractivity contribution in [3.05, 3.63) is 0 Å². The molecule has 1 amide bonds. The zero-order valence-corrected chi connectivity index (χ0v) is 12.5. The van der Waals surface area contributed by atoms with Crippen LogP contribution in [0.3, 0.4) is 0 Å². The Morgan fingerprint density at radius 3 is 2.56 bits per heavy atom. The molecule has 1 N–H and O–H groups in total. The van der Waals surface area contributed by atoms with Gasteiger partial charge in [-0.2, -0.15) is 5.10 Å². The molecule has 18 heavy (non-hydrogen) atoms. The van der Waals surface area contributed by atoms with E-state index in [1.807, 2.05) is 20.8 Å². The number of amides is 1. The summed E-state index contributed by atoms with van der Waals surface area (Å²) in [6.07, 6.45) is 2.62. The second kappa shape index (κ2) is 5.29. The maximum Gasteiger partial charge on any atom is 0.428 e. The minimum atomic E-state index is -0.483. The van der Waals surface area contributed by atoms with Crippen LogP contribution in [0.2, 0.25) is 0 Å². The summed E-state index contributed by atoms with van der Waals surface area (Å²) < 4.78 is 5.15. The van der Waals surface area contributed by atoms with Gasteiger partial charge in [-0.3, -0.25) is 0 Å². The van der Waals surface area contributed by atoms with Gasteiger partial charge in [-0.25, -0.2) is 10.2 Å². The highest BCUT2D eigenvalue weighted by molar-refractivity contribution is 5.86. The molecule has 4 nitrogen and oxygen atoms in total. The fourth-order valence-electron chi connectivity index (χ4n) is 2.63. The Bertz CT molecular complexity index is 340. The van der Waals surface area contributed by atoms with E-state index in [0.29, 0.717) is 5.92 Å². The predicted molar refractivity (Wildman–Crippen MR) is 73.6 cm³/mol. The maximum atomic E-state index is 11.5. The third-order valence-electron chi connectivity index (χ3n) is 2.87.